The molecule has 0 fully saturated rings. The number of hydrogen-bond acceptors (Lipinski definition) is 6. The minimum atomic E-state index is 0.481. The third kappa shape index (κ3) is 8.04. The average molecular weight is 283 g/mol. The van der Waals surface area contributed by atoms with Crippen LogP contribution in [0.2, 0.25) is 0 Å². The molecule has 0 atom stereocenters. The molecular weight excluding hydrogens is 258 g/mol. The van der Waals surface area contributed by atoms with Gasteiger partial charge in [0.05, 0.1) is 12.3 Å². The topological polar surface area (TPSA) is 65.5 Å². The van der Waals surface area contributed by atoms with Crippen molar-refractivity contribution in [2.45, 2.75) is 26.3 Å². The number of aromatic nitrogens is 2. The van der Waals surface area contributed by atoms with E-state index in [2.05, 4.69) is 22.4 Å². The first-order valence-corrected chi connectivity index (χ1v) is 7.09. The van der Waals surface area contributed by atoms with E-state index >= 15 is 0 Å². The minimum Gasteiger partial charge on any atom is -0.474 e. The SMILES string of the molecule is CCCNCc1ccc(OCCOCCCOC)nn1. The molecule has 0 saturated heterocycles. The van der Waals surface area contributed by atoms with Gasteiger partial charge in [-0.1, -0.05) is 6.92 Å². The molecule has 0 radical (unpaired) electrons. The maximum atomic E-state index is 5.44. The molecule has 1 rings (SSSR count). The molecule has 0 aromatic carbocycles. The van der Waals surface area contributed by atoms with E-state index < -0.39 is 0 Å². The smallest absolute Gasteiger partial charge is 0.233 e. The standard InChI is InChI=1S/C14H25N3O3/c1-3-7-15-12-13-5-6-14(17-16-13)20-11-10-19-9-4-8-18-2/h5-6,15H,3-4,7-12H2,1-2H3. The molecule has 0 aliphatic rings. The van der Waals surface area contributed by atoms with E-state index in [1.807, 2.05) is 12.1 Å². The second kappa shape index (κ2) is 11.6. The molecule has 114 valence electrons. The molecule has 0 bridgehead atoms. The Labute approximate surface area is 120 Å². The van der Waals surface area contributed by atoms with Gasteiger partial charge in [0.1, 0.15) is 6.61 Å². The number of nitrogens with zero attached hydrogens (tertiary/aromatic N) is 2. The molecule has 20 heavy (non-hydrogen) atoms. The molecule has 6 heteroatoms. The lowest BCUT2D eigenvalue weighted by molar-refractivity contribution is 0.0793. The van der Waals surface area contributed by atoms with Crippen LogP contribution < -0.4 is 10.1 Å². The summed E-state index contributed by atoms with van der Waals surface area (Å²) in [7, 11) is 1.68. The van der Waals surface area contributed by atoms with Crippen molar-refractivity contribution in [3.05, 3.63) is 17.8 Å². The van der Waals surface area contributed by atoms with Crippen LogP contribution in [0, 0.1) is 0 Å². The first-order valence-electron chi connectivity index (χ1n) is 7.09. The molecule has 0 spiro atoms. The van der Waals surface area contributed by atoms with Crippen LogP contribution in [0.15, 0.2) is 12.1 Å². The van der Waals surface area contributed by atoms with Crippen molar-refractivity contribution >= 4 is 0 Å². The first kappa shape index (κ1) is 16.8. The van der Waals surface area contributed by atoms with Gasteiger partial charge in [-0.15, -0.1) is 5.10 Å². The molecule has 1 aromatic rings. The van der Waals surface area contributed by atoms with Crippen molar-refractivity contribution in [2.24, 2.45) is 0 Å². The van der Waals surface area contributed by atoms with Crippen molar-refractivity contribution < 1.29 is 14.2 Å². The average Bonchev–Trinajstić information content (AvgIpc) is 2.48. The fourth-order valence-electron chi connectivity index (χ4n) is 1.52. The van der Waals surface area contributed by atoms with Crippen LogP contribution in [0.3, 0.4) is 0 Å². The predicted octanol–water partition coefficient (Wildman–Crippen LogP) is 1.41. The van der Waals surface area contributed by atoms with Crippen LogP contribution >= 0.6 is 0 Å². The maximum absolute atomic E-state index is 5.44. The van der Waals surface area contributed by atoms with Gasteiger partial charge in [-0.3, -0.25) is 0 Å². The number of ether oxygens (including phenoxy) is 3. The van der Waals surface area contributed by atoms with Gasteiger partial charge in [0.15, 0.2) is 0 Å². The van der Waals surface area contributed by atoms with E-state index in [-0.39, 0.29) is 0 Å². The van der Waals surface area contributed by atoms with E-state index in [1.54, 1.807) is 7.11 Å². The Morgan fingerprint density at radius 3 is 2.70 bits per heavy atom. The summed E-state index contributed by atoms with van der Waals surface area (Å²) < 4.78 is 15.8. The summed E-state index contributed by atoms with van der Waals surface area (Å²) >= 11 is 0. The largest absolute Gasteiger partial charge is 0.474 e. The third-order valence-corrected chi connectivity index (χ3v) is 2.54. The third-order valence-electron chi connectivity index (χ3n) is 2.54. The molecule has 1 N–H and O–H groups in total. The Morgan fingerprint density at radius 1 is 1.10 bits per heavy atom. The summed E-state index contributed by atoms with van der Waals surface area (Å²) in [4.78, 5) is 0. The summed E-state index contributed by atoms with van der Waals surface area (Å²) in [6, 6.07) is 3.76. The van der Waals surface area contributed by atoms with Gasteiger partial charge >= 0.3 is 0 Å². The Balaban J connectivity index is 2.08. The Bertz CT molecular complexity index is 333. The normalized spacial score (nSPS) is 10.7. The van der Waals surface area contributed by atoms with Gasteiger partial charge in [0, 0.05) is 32.9 Å². The van der Waals surface area contributed by atoms with E-state index in [1.165, 1.54) is 0 Å². The highest BCUT2D eigenvalue weighted by Gasteiger charge is 1.99. The molecule has 1 aromatic heterocycles. The molecular formula is C14H25N3O3. The monoisotopic (exact) mass is 283 g/mol. The lowest BCUT2D eigenvalue weighted by Gasteiger charge is -2.06. The van der Waals surface area contributed by atoms with Crippen molar-refractivity contribution in [2.75, 3.05) is 40.1 Å². The maximum Gasteiger partial charge on any atom is 0.233 e. The molecule has 0 unspecified atom stereocenters. The molecule has 1 heterocycles. The number of hydrogen-bond donors (Lipinski definition) is 1. The molecule has 0 amide bonds. The highest BCUT2D eigenvalue weighted by atomic mass is 16.5. The summed E-state index contributed by atoms with van der Waals surface area (Å²) in [5.74, 6) is 0.532. The van der Waals surface area contributed by atoms with Crippen LogP contribution in [-0.4, -0.2) is 50.3 Å². The second-order valence-corrected chi connectivity index (χ2v) is 4.35. The van der Waals surface area contributed by atoms with Crippen molar-refractivity contribution in [1.82, 2.24) is 15.5 Å². The number of nitrogens with one attached hydrogen (secondary N) is 1. The molecule has 6 nitrogen and oxygen atoms in total. The fourth-order valence-corrected chi connectivity index (χ4v) is 1.52. The summed E-state index contributed by atoms with van der Waals surface area (Å²) in [6.45, 7) is 6.29. The van der Waals surface area contributed by atoms with E-state index in [0.717, 1.165) is 38.2 Å². The van der Waals surface area contributed by atoms with Gasteiger partial charge in [-0.25, -0.2) is 0 Å². The Kier molecular flexibility index (Phi) is 9.73. The summed E-state index contributed by atoms with van der Waals surface area (Å²) in [5.41, 5.74) is 0.918. The highest BCUT2D eigenvalue weighted by Crippen LogP contribution is 2.04. The summed E-state index contributed by atoms with van der Waals surface area (Å²) in [5, 5.41) is 11.4. The highest BCUT2D eigenvalue weighted by molar-refractivity contribution is 5.11. The molecule has 0 aliphatic heterocycles. The van der Waals surface area contributed by atoms with Gasteiger partial charge in [-0.2, -0.15) is 5.10 Å². The van der Waals surface area contributed by atoms with Gasteiger partial charge in [0.2, 0.25) is 5.88 Å². The zero-order chi connectivity index (χ0) is 14.5. The van der Waals surface area contributed by atoms with Crippen LogP contribution in [0.25, 0.3) is 0 Å². The predicted molar refractivity (Wildman–Crippen MR) is 76.8 cm³/mol. The van der Waals surface area contributed by atoms with Crippen molar-refractivity contribution in [3.8, 4) is 5.88 Å². The van der Waals surface area contributed by atoms with Crippen LogP contribution in [-0.2, 0) is 16.0 Å². The van der Waals surface area contributed by atoms with Crippen LogP contribution in [0.1, 0.15) is 25.5 Å². The summed E-state index contributed by atoms with van der Waals surface area (Å²) in [6.07, 6.45) is 2.01. The van der Waals surface area contributed by atoms with Crippen molar-refractivity contribution in [3.63, 3.8) is 0 Å². The van der Waals surface area contributed by atoms with Gasteiger partial charge in [-0.05, 0) is 25.5 Å². The Hall–Kier alpha value is -1.24. The lowest BCUT2D eigenvalue weighted by Crippen LogP contribution is -2.15. The van der Waals surface area contributed by atoms with E-state index in [9.17, 15) is 0 Å². The van der Waals surface area contributed by atoms with Crippen LogP contribution in [0.5, 0.6) is 5.88 Å². The molecule has 0 aliphatic carbocycles. The lowest BCUT2D eigenvalue weighted by atomic mass is 10.3. The van der Waals surface area contributed by atoms with E-state index in [4.69, 9.17) is 14.2 Å². The van der Waals surface area contributed by atoms with Crippen LogP contribution in [0.4, 0.5) is 0 Å². The number of methoxy groups -OCH3 is 1. The number of rotatable bonds is 12. The Morgan fingerprint density at radius 2 is 2.00 bits per heavy atom. The first-order chi connectivity index (χ1) is 9.86. The zero-order valence-electron chi connectivity index (χ0n) is 12.4. The van der Waals surface area contributed by atoms with Crippen molar-refractivity contribution in [1.29, 1.82) is 0 Å². The van der Waals surface area contributed by atoms with Gasteiger partial charge in [0.25, 0.3) is 0 Å². The van der Waals surface area contributed by atoms with E-state index in [0.29, 0.717) is 25.7 Å². The molecule has 0 saturated carbocycles. The van der Waals surface area contributed by atoms with Gasteiger partial charge < -0.3 is 19.5 Å². The quantitative estimate of drug-likeness (QED) is 0.585. The second-order valence-electron chi connectivity index (χ2n) is 4.35. The minimum absolute atomic E-state index is 0.481. The fraction of sp³-hybridized carbons (Fsp3) is 0.714. The zero-order valence-corrected chi connectivity index (χ0v) is 12.4.